The van der Waals surface area contributed by atoms with Gasteiger partial charge in [0.1, 0.15) is 0 Å². The molecule has 0 unspecified atom stereocenters. The maximum Gasteiger partial charge on any atom is 0.236 e. The van der Waals surface area contributed by atoms with Gasteiger partial charge >= 0.3 is 0 Å². The predicted molar refractivity (Wildman–Crippen MR) is 86.9 cm³/mol. The molecule has 2 heterocycles. The van der Waals surface area contributed by atoms with Gasteiger partial charge in [0.15, 0.2) is 0 Å². The van der Waals surface area contributed by atoms with Crippen molar-refractivity contribution in [2.45, 2.75) is 17.3 Å². The summed E-state index contributed by atoms with van der Waals surface area (Å²) in [6, 6.07) is 7.25. The van der Waals surface area contributed by atoms with Crippen LogP contribution in [0.15, 0.2) is 29.4 Å². The van der Waals surface area contributed by atoms with Gasteiger partial charge in [-0.05, 0) is 35.5 Å². The van der Waals surface area contributed by atoms with Crippen molar-refractivity contribution < 1.29 is 9.53 Å². The summed E-state index contributed by atoms with van der Waals surface area (Å²) >= 11 is 7.34. The van der Waals surface area contributed by atoms with E-state index in [2.05, 4.69) is 15.5 Å². The van der Waals surface area contributed by atoms with Crippen molar-refractivity contribution in [1.82, 2.24) is 25.1 Å². The van der Waals surface area contributed by atoms with Crippen molar-refractivity contribution in [3.05, 3.63) is 29.3 Å². The van der Waals surface area contributed by atoms with Crippen LogP contribution in [0.5, 0.6) is 0 Å². The lowest BCUT2D eigenvalue weighted by molar-refractivity contribution is -0.134. The second-order valence-corrected chi connectivity index (χ2v) is 6.80. The molecule has 1 fully saturated rings. The number of halogens is 1. The maximum atomic E-state index is 12.5. The Morgan fingerprint density at radius 2 is 2.17 bits per heavy atom. The van der Waals surface area contributed by atoms with Crippen LogP contribution in [0.3, 0.4) is 0 Å². The lowest BCUT2D eigenvalue weighted by Gasteiger charge is -2.28. The number of morpholine rings is 1. The summed E-state index contributed by atoms with van der Waals surface area (Å²) in [7, 11) is 0. The molecule has 0 bridgehead atoms. The molecule has 1 aromatic heterocycles. The van der Waals surface area contributed by atoms with Gasteiger partial charge in [-0.25, -0.2) is 0 Å². The maximum absolute atomic E-state index is 12.5. The molecule has 0 N–H and O–H groups in total. The van der Waals surface area contributed by atoms with Gasteiger partial charge in [-0.2, -0.15) is 4.68 Å². The number of amides is 1. The number of tetrazole rings is 1. The standard InChI is InChI=1S/C14H16ClN5O2S/c1-10(13(21)19-5-7-22-8-6-19)23-14-16-17-18-20(14)12-4-2-3-11(15)9-12/h2-4,9-10H,5-8H2,1H3/t10-/m0/s1. The number of benzene rings is 1. The summed E-state index contributed by atoms with van der Waals surface area (Å²) < 4.78 is 6.86. The number of aromatic nitrogens is 4. The van der Waals surface area contributed by atoms with Gasteiger partial charge in [0, 0.05) is 18.1 Å². The van der Waals surface area contributed by atoms with Crippen molar-refractivity contribution >= 4 is 29.3 Å². The molecule has 1 aromatic carbocycles. The van der Waals surface area contributed by atoms with E-state index in [-0.39, 0.29) is 11.2 Å². The number of carbonyl (C=O) groups is 1. The number of ether oxygens (including phenoxy) is 1. The second-order valence-electron chi connectivity index (χ2n) is 5.05. The van der Waals surface area contributed by atoms with E-state index in [9.17, 15) is 4.79 Å². The molecule has 0 spiro atoms. The van der Waals surface area contributed by atoms with Crippen molar-refractivity contribution in [1.29, 1.82) is 0 Å². The summed E-state index contributed by atoms with van der Waals surface area (Å²) in [4.78, 5) is 14.3. The third-order valence-electron chi connectivity index (χ3n) is 3.45. The summed E-state index contributed by atoms with van der Waals surface area (Å²) in [5.74, 6) is 0.0685. The zero-order valence-corrected chi connectivity index (χ0v) is 14.1. The zero-order chi connectivity index (χ0) is 16.2. The van der Waals surface area contributed by atoms with Crippen LogP contribution in [-0.2, 0) is 9.53 Å². The largest absolute Gasteiger partial charge is 0.378 e. The second kappa shape index (κ2) is 7.29. The number of thioether (sulfide) groups is 1. The van der Waals surface area contributed by atoms with Gasteiger partial charge in [0.25, 0.3) is 0 Å². The Morgan fingerprint density at radius 3 is 2.91 bits per heavy atom. The molecular weight excluding hydrogens is 338 g/mol. The SMILES string of the molecule is C[C@H](Sc1nnnn1-c1cccc(Cl)c1)C(=O)N1CCOCC1. The fraction of sp³-hybridized carbons (Fsp3) is 0.429. The van der Waals surface area contributed by atoms with Crippen molar-refractivity contribution in [3.8, 4) is 5.69 Å². The lowest BCUT2D eigenvalue weighted by atomic mass is 10.3. The van der Waals surface area contributed by atoms with Crippen LogP contribution >= 0.6 is 23.4 Å². The Balaban J connectivity index is 1.73. The Morgan fingerprint density at radius 1 is 1.39 bits per heavy atom. The average Bonchev–Trinajstić information content (AvgIpc) is 3.03. The summed E-state index contributed by atoms with van der Waals surface area (Å²) in [6.45, 7) is 4.29. The van der Waals surface area contributed by atoms with Crippen LogP contribution in [0.2, 0.25) is 5.02 Å². The number of carbonyl (C=O) groups excluding carboxylic acids is 1. The third kappa shape index (κ3) is 3.82. The van der Waals surface area contributed by atoms with Gasteiger partial charge in [0.05, 0.1) is 24.2 Å². The quantitative estimate of drug-likeness (QED) is 0.778. The van der Waals surface area contributed by atoms with Gasteiger partial charge in [0.2, 0.25) is 11.1 Å². The van der Waals surface area contributed by atoms with Crippen molar-refractivity contribution in [2.24, 2.45) is 0 Å². The van der Waals surface area contributed by atoms with Crippen LogP contribution < -0.4 is 0 Å². The molecule has 0 radical (unpaired) electrons. The Kier molecular flexibility index (Phi) is 5.14. The number of nitrogens with zero attached hydrogens (tertiary/aromatic N) is 5. The highest BCUT2D eigenvalue weighted by Gasteiger charge is 2.25. The molecule has 0 aliphatic carbocycles. The number of rotatable bonds is 4. The fourth-order valence-corrected chi connectivity index (χ4v) is 3.35. The topological polar surface area (TPSA) is 73.1 Å². The van der Waals surface area contributed by atoms with Gasteiger partial charge in [-0.3, -0.25) is 4.79 Å². The van der Waals surface area contributed by atoms with Crippen LogP contribution in [0, 0.1) is 0 Å². The van der Waals surface area contributed by atoms with E-state index in [1.54, 1.807) is 16.8 Å². The zero-order valence-electron chi connectivity index (χ0n) is 12.6. The molecule has 1 aliphatic heterocycles. The molecule has 122 valence electrons. The van der Waals surface area contributed by atoms with Crippen molar-refractivity contribution in [2.75, 3.05) is 26.3 Å². The first-order chi connectivity index (χ1) is 11.1. The van der Waals surface area contributed by atoms with E-state index >= 15 is 0 Å². The van der Waals surface area contributed by atoms with E-state index in [1.807, 2.05) is 24.0 Å². The highest BCUT2D eigenvalue weighted by Crippen LogP contribution is 2.25. The van der Waals surface area contributed by atoms with E-state index in [4.69, 9.17) is 16.3 Å². The van der Waals surface area contributed by atoms with Crippen LogP contribution in [-0.4, -0.2) is 62.6 Å². The molecule has 1 amide bonds. The summed E-state index contributed by atoms with van der Waals surface area (Å²) in [5.41, 5.74) is 0.760. The molecule has 3 rings (SSSR count). The van der Waals surface area contributed by atoms with E-state index in [0.717, 1.165) is 5.69 Å². The first-order valence-electron chi connectivity index (χ1n) is 7.22. The highest BCUT2D eigenvalue weighted by atomic mass is 35.5. The minimum Gasteiger partial charge on any atom is -0.378 e. The average molecular weight is 354 g/mol. The molecule has 23 heavy (non-hydrogen) atoms. The summed E-state index contributed by atoms with van der Waals surface area (Å²) in [6.07, 6.45) is 0. The van der Waals surface area contributed by atoms with Crippen LogP contribution in [0.1, 0.15) is 6.92 Å². The number of hydrogen-bond acceptors (Lipinski definition) is 6. The van der Waals surface area contributed by atoms with E-state index in [0.29, 0.717) is 36.5 Å². The minimum absolute atomic E-state index is 0.0685. The predicted octanol–water partition coefficient (Wildman–Crippen LogP) is 1.66. The summed E-state index contributed by atoms with van der Waals surface area (Å²) in [5, 5.41) is 12.6. The molecule has 9 heteroatoms. The molecular formula is C14H16ClN5O2S. The molecule has 7 nitrogen and oxygen atoms in total. The molecule has 1 atom stereocenters. The minimum atomic E-state index is -0.281. The van der Waals surface area contributed by atoms with Gasteiger partial charge in [-0.1, -0.05) is 29.4 Å². The number of hydrogen-bond donors (Lipinski definition) is 0. The Hall–Kier alpha value is -1.64. The Labute approximate surface area is 142 Å². The molecule has 2 aromatic rings. The molecule has 1 aliphatic rings. The van der Waals surface area contributed by atoms with E-state index < -0.39 is 0 Å². The smallest absolute Gasteiger partial charge is 0.236 e. The van der Waals surface area contributed by atoms with Gasteiger partial charge in [-0.15, -0.1) is 5.10 Å². The molecule has 0 saturated carbocycles. The first-order valence-corrected chi connectivity index (χ1v) is 8.48. The fourth-order valence-electron chi connectivity index (χ4n) is 2.27. The van der Waals surface area contributed by atoms with E-state index in [1.165, 1.54) is 11.8 Å². The Bertz CT molecular complexity index is 689. The van der Waals surface area contributed by atoms with Crippen LogP contribution in [0.25, 0.3) is 5.69 Å². The lowest BCUT2D eigenvalue weighted by Crippen LogP contribution is -2.44. The third-order valence-corrected chi connectivity index (χ3v) is 4.70. The first kappa shape index (κ1) is 16.2. The van der Waals surface area contributed by atoms with Crippen molar-refractivity contribution in [3.63, 3.8) is 0 Å². The monoisotopic (exact) mass is 353 g/mol. The normalized spacial score (nSPS) is 16.3. The van der Waals surface area contributed by atoms with Gasteiger partial charge < -0.3 is 9.64 Å². The van der Waals surface area contributed by atoms with Crippen LogP contribution in [0.4, 0.5) is 0 Å². The highest BCUT2D eigenvalue weighted by molar-refractivity contribution is 8.00. The molecule has 1 saturated heterocycles.